The highest BCUT2D eigenvalue weighted by Crippen LogP contribution is 2.03. The normalized spacial score (nSPS) is 11.3. The second kappa shape index (κ2) is 7.12. The number of carbonyl (C=O) groups is 1. The van der Waals surface area contributed by atoms with Gasteiger partial charge in [-0.05, 0) is 5.92 Å². The zero-order chi connectivity index (χ0) is 11.0. The Morgan fingerprint density at radius 1 is 1.57 bits per heavy atom. The second-order valence-corrected chi connectivity index (χ2v) is 3.07. The summed E-state index contributed by atoms with van der Waals surface area (Å²) >= 11 is 0. The van der Waals surface area contributed by atoms with E-state index in [0.717, 1.165) is 0 Å². The van der Waals surface area contributed by atoms with Gasteiger partial charge in [0, 0.05) is 0 Å². The van der Waals surface area contributed by atoms with E-state index in [4.69, 9.17) is 4.84 Å². The first kappa shape index (κ1) is 12.7. The van der Waals surface area contributed by atoms with Crippen molar-refractivity contribution in [3.8, 4) is 0 Å². The number of hydrogen-bond donors (Lipinski definition) is 0. The van der Waals surface area contributed by atoms with Gasteiger partial charge in [0.25, 0.3) is 0 Å². The average molecular weight is 199 g/mol. The number of carbonyl (C=O) groups excluding carboxylic acids is 1. The van der Waals surface area contributed by atoms with Crippen LogP contribution < -0.4 is 0 Å². The Morgan fingerprint density at radius 2 is 2.21 bits per heavy atom. The molecule has 0 rings (SSSR count). The number of hydrogen-bond acceptors (Lipinski definition) is 4. The SMILES string of the molecule is C=CCO/N=C(\CC(=O)OC)C(C)C. The predicted molar refractivity (Wildman–Crippen MR) is 55.1 cm³/mol. The van der Waals surface area contributed by atoms with E-state index in [2.05, 4.69) is 16.5 Å². The van der Waals surface area contributed by atoms with Crippen LogP contribution in [0.1, 0.15) is 20.3 Å². The van der Waals surface area contributed by atoms with Gasteiger partial charge in [-0.2, -0.15) is 0 Å². The van der Waals surface area contributed by atoms with Gasteiger partial charge in [-0.15, -0.1) is 0 Å². The molecule has 0 saturated heterocycles. The smallest absolute Gasteiger partial charge is 0.311 e. The maximum Gasteiger partial charge on any atom is 0.311 e. The topological polar surface area (TPSA) is 47.9 Å². The minimum atomic E-state index is -0.306. The molecular weight excluding hydrogens is 182 g/mol. The van der Waals surface area contributed by atoms with Crippen molar-refractivity contribution < 1.29 is 14.4 Å². The van der Waals surface area contributed by atoms with Crippen LogP contribution in [-0.2, 0) is 14.4 Å². The van der Waals surface area contributed by atoms with Crippen LogP contribution in [0.4, 0.5) is 0 Å². The summed E-state index contributed by atoms with van der Waals surface area (Å²) in [5, 5.41) is 3.85. The Bertz CT molecular complexity index is 221. The molecule has 0 saturated carbocycles. The van der Waals surface area contributed by atoms with Crippen LogP contribution in [-0.4, -0.2) is 25.4 Å². The van der Waals surface area contributed by atoms with Gasteiger partial charge in [-0.3, -0.25) is 4.79 Å². The Hall–Kier alpha value is -1.32. The molecule has 0 unspecified atom stereocenters. The summed E-state index contributed by atoms with van der Waals surface area (Å²) in [4.78, 5) is 15.9. The molecule has 4 nitrogen and oxygen atoms in total. The van der Waals surface area contributed by atoms with Gasteiger partial charge in [-0.1, -0.05) is 31.7 Å². The quantitative estimate of drug-likeness (QED) is 0.215. The molecule has 0 atom stereocenters. The monoisotopic (exact) mass is 199 g/mol. The number of nitrogens with zero attached hydrogens (tertiary/aromatic N) is 1. The van der Waals surface area contributed by atoms with E-state index in [0.29, 0.717) is 12.3 Å². The van der Waals surface area contributed by atoms with Gasteiger partial charge < -0.3 is 9.57 Å². The summed E-state index contributed by atoms with van der Waals surface area (Å²) in [5.74, 6) is -0.140. The molecule has 0 N–H and O–H groups in total. The highest BCUT2D eigenvalue weighted by atomic mass is 16.6. The lowest BCUT2D eigenvalue weighted by atomic mass is 10.1. The van der Waals surface area contributed by atoms with E-state index in [9.17, 15) is 4.79 Å². The van der Waals surface area contributed by atoms with E-state index in [1.165, 1.54) is 7.11 Å². The minimum absolute atomic E-state index is 0.166. The van der Waals surface area contributed by atoms with Gasteiger partial charge in [0.1, 0.15) is 6.61 Å². The number of rotatable bonds is 6. The molecule has 4 heteroatoms. The van der Waals surface area contributed by atoms with Gasteiger partial charge in [0.15, 0.2) is 0 Å². The van der Waals surface area contributed by atoms with Crippen LogP contribution in [0.25, 0.3) is 0 Å². The fourth-order valence-electron chi connectivity index (χ4n) is 0.735. The number of ether oxygens (including phenoxy) is 1. The molecule has 0 heterocycles. The molecule has 0 aliphatic heterocycles. The maximum absolute atomic E-state index is 11.0. The molecule has 0 spiro atoms. The molecule has 0 radical (unpaired) electrons. The zero-order valence-corrected chi connectivity index (χ0v) is 8.95. The van der Waals surface area contributed by atoms with Crippen molar-refractivity contribution in [2.24, 2.45) is 11.1 Å². The molecule has 0 fully saturated rings. The van der Waals surface area contributed by atoms with Crippen molar-refractivity contribution in [2.75, 3.05) is 13.7 Å². The van der Waals surface area contributed by atoms with E-state index < -0.39 is 0 Å². The van der Waals surface area contributed by atoms with Crippen LogP contribution in [0.5, 0.6) is 0 Å². The Labute approximate surface area is 84.6 Å². The van der Waals surface area contributed by atoms with Crippen molar-refractivity contribution in [2.45, 2.75) is 20.3 Å². The summed E-state index contributed by atoms with van der Waals surface area (Å²) in [5.41, 5.74) is 0.679. The largest absolute Gasteiger partial charge is 0.469 e. The Balaban J connectivity index is 4.20. The summed E-state index contributed by atoms with van der Waals surface area (Å²) in [6.45, 7) is 7.73. The van der Waals surface area contributed by atoms with Crippen LogP contribution in [0.2, 0.25) is 0 Å². The molecule has 0 aliphatic carbocycles. The highest BCUT2D eigenvalue weighted by Gasteiger charge is 2.11. The van der Waals surface area contributed by atoms with Gasteiger partial charge >= 0.3 is 5.97 Å². The van der Waals surface area contributed by atoms with E-state index in [1.807, 2.05) is 13.8 Å². The van der Waals surface area contributed by atoms with Crippen LogP contribution in [0.3, 0.4) is 0 Å². The van der Waals surface area contributed by atoms with E-state index in [1.54, 1.807) is 6.08 Å². The summed E-state index contributed by atoms with van der Waals surface area (Å²) in [7, 11) is 1.35. The number of esters is 1. The predicted octanol–water partition coefficient (Wildman–Crippen LogP) is 1.76. The van der Waals surface area contributed by atoms with Crippen LogP contribution in [0.15, 0.2) is 17.8 Å². The highest BCUT2D eigenvalue weighted by molar-refractivity contribution is 5.99. The lowest BCUT2D eigenvalue weighted by Gasteiger charge is -2.07. The minimum Gasteiger partial charge on any atom is -0.469 e. The van der Waals surface area contributed by atoms with Crippen molar-refractivity contribution in [1.82, 2.24) is 0 Å². The Morgan fingerprint density at radius 3 is 2.64 bits per heavy atom. The maximum atomic E-state index is 11.0. The Kier molecular flexibility index (Phi) is 6.45. The molecule has 0 bridgehead atoms. The first-order valence-corrected chi connectivity index (χ1v) is 4.48. The molecule has 0 aromatic heterocycles. The lowest BCUT2D eigenvalue weighted by Crippen LogP contribution is -2.15. The molecule has 0 amide bonds. The second-order valence-electron chi connectivity index (χ2n) is 3.07. The standard InChI is InChI=1S/C10H17NO3/c1-5-6-14-11-9(8(2)3)7-10(12)13-4/h5,8H,1,6-7H2,2-4H3/b11-9+. The van der Waals surface area contributed by atoms with Gasteiger partial charge in [-0.25, -0.2) is 0 Å². The zero-order valence-electron chi connectivity index (χ0n) is 8.95. The fourth-order valence-corrected chi connectivity index (χ4v) is 0.735. The first-order valence-electron chi connectivity index (χ1n) is 4.48. The third-order valence-corrected chi connectivity index (χ3v) is 1.59. The number of oxime groups is 1. The summed E-state index contributed by atoms with van der Waals surface area (Å²) < 4.78 is 4.54. The number of methoxy groups -OCH3 is 1. The first-order chi connectivity index (χ1) is 6.61. The summed E-state index contributed by atoms with van der Waals surface area (Å²) in [6.07, 6.45) is 1.77. The van der Waals surface area contributed by atoms with Crippen LogP contribution in [0, 0.1) is 5.92 Å². The molecule has 14 heavy (non-hydrogen) atoms. The van der Waals surface area contributed by atoms with E-state index in [-0.39, 0.29) is 18.3 Å². The van der Waals surface area contributed by atoms with Crippen molar-refractivity contribution >= 4 is 11.7 Å². The fraction of sp³-hybridized carbons (Fsp3) is 0.600. The molecule has 0 aromatic rings. The molecule has 0 aromatic carbocycles. The van der Waals surface area contributed by atoms with Gasteiger partial charge in [0.05, 0.1) is 19.2 Å². The third-order valence-electron chi connectivity index (χ3n) is 1.59. The molecular formula is C10H17NO3. The molecule has 0 aliphatic rings. The van der Waals surface area contributed by atoms with E-state index >= 15 is 0 Å². The third kappa shape index (κ3) is 5.35. The van der Waals surface area contributed by atoms with Gasteiger partial charge in [0.2, 0.25) is 0 Å². The van der Waals surface area contributed by atoms with Crippen molar-refractivity contribution in [3.05, 3.63) is 12.7 Å². The lowest BCUT2D eigenvalue weighted by molar-refractivity contribution is -0.139. The van der Waals surface area contributed by atoms with Crippen molar-refractivity contribution in [1.29, 1.82) is 0 Å². The van der Waals surface area contributed by atoms with Crippen molar-refractivity contribution in [3.63, 3.8) is 0 Å². The van der Waals surface area contributed by atoms with Crippen LogP contribution >= 0.6 is 0 Å². The molecule has 80 valence electrons. The average Bonchev–Trinajstić information content (AvgIpc) is 2.16. The summed E-state index contributed by atoms with van der Waals surface area (Å²) in [6, 6.07) is 0.